The predicted molar refractivity (Wildman–Crippen MR) is 114 cm³/mol. The van der Waals surface area contributed by atoms with Crippen LogP contribution in [0, 0.1) is 0 Å². The van der Waals surface area contributed by atoms with Gasteiger partial charge in [-0.15, -0.1) is 0 Å². The molecule has 1 aromatic heterocycles. The molecule has 1 saturated heterocycles. The molecular weight excluding hydrogens is 415 g/mol. The fourth-order valence-corrected chi connectivity index (χ4v) is 5.01. The van der Waals surface area contributed by atoms with Crippen molar-refractivity contribution in [3.63, 3.8) is 0 Å². The zero-order valence-corrected chi connectivity index (χ0v) is 17.2. The number of nitrogens with two attached hydrogens (primary N) is 2. The molecule has 1 fully saturated rings. The molecule has 0 bridgehead atoms. The number of carbonyl (C=O) groups is 1. The Hall–Kier alpha value is -3.82. The van der Waals surface area contributed by atoms with Crippen molar-refractivity contribution < 1.29 is 18.3 Å². The fourth-order valence-electron chi connectivity index (χ4n) is 5.01. The van der Waals surface area contributed by atoms with Crippen LogP contribution in [0.4, 0.5) is 10.4 Å². The summed E-state index contributed by atoms with van der Waals surface area (Å²) >= 11 is 0. The Labute approximate surface area is 182 Å². The standard InChI is InChI=1S/C22H21FN6O3/c23-19-17-15(28-6-1-2-14(28)20(24)30)10-31-9-12-5-7-29(18(12)17)21(27-19)11-3-4-16-13(8-11)26-22(25)32-16/h3-4,8,10,14H,1-2,5-7,9H2,(H2,24,30)(H2,25,26)/t14-/m0/s1. The predicted octanol–water partition coefficient (Wildman–Crippen LogP) is 2.13. The summed E-state index contributed by atoms with van der Waals surface area (Å²) in [6, 6.07) is 4.94. The molecule has 4 aliphatic heterocycles. The van der Waals surface area contributed by atoms with Gasteiger partial charge < -0.3 is 30.4 Å². The lowest BCUT2D eigenvalue weighted by molar-refractivity contribution is -0.121. The van der Waals surface area contributed by atoms with Crippen LogP contribution < -0.4 is 11.5 Å². The van der Waals surface area contributed by atoms with Crippen LogP contribution in [0.15, 0.2) is 62.4 Å². The van der Waals surface area contributed by atoms with Crippen molar-refractivity contribution in [1.29, 1.82) is 0 Å². The van der Waals surface area contributed by atoms with E-state index in [1.54, 1.807) is 12.1 Å². The van der Waals surface area contributed by atoms with E-state index in [0.29, 0.717) is 59.9 Å². The second kappa shape index (κ2) is 6.84. The van der Waals surface area contributed by atoms with Crippen molar-refractivity contribution in [2.45, 2.75) is 25.3 Å². The minimum atomic E-state index is -0.614. The summed E-state index contributed by atoms with van der Waals surface area (Å²) < 4.78 is 26.8. The van der Waals surface area contributed by atoms with E-state index in [-0.39, 0.29) is 6.01 Å². The lowest BCUT2D eigenvalue weighted by Gasteiger charge is -2.34. The monoisotopic (exact) mass is 436 g/mol. The molecule has 9 nitrogen and oxygen atoms in total. The fraction of sp³-hybridized carbons (Fsp3) is 0.318. The lowest BCUT2D eigenvalue weighted by Crippen LogP contribution is -2.41. The number of fused-ring (bicyclic) bond motifs is 1. The number of hydrogen-bond donors (Lipinski definition) is 2. The smallest absolute Gasteiger partial charge is 0.292 e. The molecule has 1 amide bonds. The molecular formula is C22H21FN6O3. The Morgan fingerprint density at radius 2 is 2.16 bits per heavy atom. The molecule has 6 rings (SSSR count). The van der Waals surface area contributed by atoms with Gasteiger partial charge >= 0.3 is 0 Å². The number of amides is 1. The highest BCUT2D eigenvalue weighted by Crippen LogP contribution is 2.43. The first kappa shape index (κ1) is 18.9. The number of primary amides is 1. The molecule has 1 atom stereocenters. The third-order valence-corrected chi connectivity index (χ3v) is 6.41. The minimum absolute atomic E-state index is 0.0765. The van der Waals surface area contributed by atoms with Gasteiger partial charge in [0, 0.05) is 18.7 Å². The van der Waals surface area contributed by atoms with Gasteiger partial charge in [0.15, 0.2) is 5.58 Å². The van der Waals surface area contributed by atoms with Gasteiger partial charge in [-0.05, 0) is 43.0 Å². The van der Waals surface area contributed by atoms with Crippen LogP contribution >= 0.6 is 0 Å². The third kappa shape index (κ3) is 2.72. The molecule has 32 heavy (non-hydrogen) atoms. The number of nitrogens with zero attached hydrogens (tertiary/aromatic N) is 4. The summed E-state index contributed by atoms with van der Waals surface area (Å²) in [4.78, 5) is 24.4. The van der Waals surface area contributed by atoms with Gasteiger partial charge in [-0.1, -0.05) is 0 Å². The zero-order valence-electron chi connectivity index (χ0n) is 17.2. The molecule has 10 heteroatoms. The maximum atomic E-state index is 15.7. The second-order valence-electron chi connectivity index (χ2n) is 8.26. The number of rotatable bonds is 3. The van der Waals surface area contributed by atoms with E-state index in [9.17, 15) is 4.79 Å². The Kier molecular flexibility index (Phi) is 4.04. The van der Waals surface area contributed by atoms with Crippen molar-refractivity contribution in [3.8, 4) is 0 Å². The third-order valence-electron chi connectivity index (χ3n) is 6.41. The summed E-state index contributed by atoms with van der Waals surface area (Å²) in [6.07, 6.45) is 3.69. The summed E-state index contributed by atoms with van der Waals surface area (Å²) in [7, 11) is 0. The molecule has 0 aliphatic carbocycles. The van der Waals surface area contributed by atoms with Crippen molar-refractivity contribution in [1.82, 2.24) is 14.8 Å². The van der Waals surface area contributed by atoms with Crippen LogP contribution in [0.1, 0.15) is 24.8 Å². The van der Waals surface area contributed by atoms with E-state index in [1.165, 1.54) is 6.26 Å². The SMILES string of the molecule is NC(=O)[C@@H]1CCCN1C1=COCC2=C3C1=C(F)N=C(c1ccc4oc(N)nc4c1)N3CC2. The van der Waals surface area contributed by atoms with Gasteiger partial charge in [0.2, 0.25) is 11.9 Å². The maximum Gasteiger partial charge on any atom is 0.292 e. The quantitative estimate of drug-likeness (QED) is 0.707. The number of aromatic nitrogens is 1. The molecule has 0 spiro atoms. The first-order chi connectivity index (χ1) is 15.5. The summed E-state index contributed by atoms with van der Waals surface area (Å²) in [5.41, 5.74) is 15.8. The molecule has 0 unspecified atom stereocenters. The van der Waals surface area contributed by atoms with Crippen LogP contribution in [0.2, 0.25) is 0 Å². The maximum absolute atomic E-state index is 15.7. The largest absolute Gasteiger partial charge is 0.495 e. The van der Waals surface area contributed by atoms with Gasteiger partial charge in [0.1, 0.15) is 30.3 Å². The number of nitrogen functional groups attached to an aromatic ring is 1. The van der Waals surface area contributed by atoms with Gasteiger partial charge in [0.25, 0.3) is 6.01 Å². The Morgan fingerprint density at radius 1 is 1.28 bits per heavy atom. The number of benzene rings is 1. The number of ether oxygens (including phenoxy) is 1. The molecule has 0 radical (unpaired) electrons. The van der Waals surface area contributed by atoms with Crippen LogP contribution in [0.5, 0.6) is 0 Å². The highest BCUT2D eigenvalue weighted by atomic mass is 19.1. The van der Waals surface area contributed by atoms with Gasteiger partial charge in [-0.25, -0.2) is 4.99 Å². The molecule has 2 aromatic rings. The van der Waals surface area contributed by atoms with E-state index >= 15 is 4.39 Å². The van der Waals surface area contributed by atoms with E-state index < -0.39 is 17.9 Å². The molecule has 1 aromatic carbocycles. The van der Waals surface area contributed by atoms with E-state index in [1.807, 2.05) is 15.9 Å². The summed E-state index contributed by atoms with van der Waals surface area (Å²) in [6.45, 7) is 1.60. The average Bonchev–Trinajstić information content (AvgIpc) is 3.46. The summed E-state index contributed by atoms with van der Waals surface area (Å²) in [5, 5.41) is 0. The van der Waals surface area contributed by atoms with Crippen LogP contribution in [0.3, 0.4) is 0 Å². The highest BCUT2D eigenvalue weighted by Gasteiger charge is 2.42. The van der Waals surface area contributed by atoms with Gasteiger partial charge in [0.05, 0.1) is 17.0 Å². The van der Waals surface area contributed by atoms with E-state index in [0.717, 1.165) is 24.1 Å². The number of oxazole rings is 1. The number of likely N-dealkylation sites (tertiary alicyclic amines) is 1. The topological polar surface area (TPSA) is 123 Å². The molecule has 5 heterocycles. The van der Waals surface area contributed by atoms with Crippen molar-refractivity contribution in [2.24, 2.45) is 10.7 Å². The molecule has 0 saturated carbocycles. The zero-order chi connectivity index (χ0) is 22.0. The van der Waals surface area contributed by atoms with Gasteiger partial charge in [-0.2, -0.15) is 9.37 Å². The molecule has 4 aliphatic rings. The van der Waals surface area contributed by atoms with Gasteiger partial charge in [-0.3, -0.25) is 4.79 Å². The number of anilines is 1. The minimum Gasteiger partial charge on any atom is -0.495 e. The van der Waals surface area contributed by atoms with Crippen molar-refractivity contribution in [3.05, 3.63) is 58.5 Å². The number of amidine groups is 1. The Bertz CT molecular complexity index is 1290. The summed E-state index contributed by atoms with van der Waals surface area (Å²) in [5.74, 6) is -0.544. The second-order valence-corrected chi connectivity index (χ2v) is 8.26. The number of aliphatic imine (C=N–C) groups is 1. The highest BCUT2D eigenvalue weighted by molar-refractivity contribution is 6.04. The normalized spacial score (nSPS) is 22.7. The number of hydrogen-bond acceptors (Lipinski definition) is 8. The number of carbonyl (C=O) groups excluding carboxylic acids is 1. The van der Waals surface area contributed by atoms with E-state index in [2.05, 4.69) is 9.98 Å². The van der Waals surface area contributed by atoms with Crippen molar-refractivity contribution >= 4 is 28.9 Å². The average molecular weight is 436 g/mol. The molecule has 164 valence electrons. The first-order valence-corrected chi connectivity index (χ1v) is 10.5. The molecule has 4 N–H and O–H groups in total. The lowest BCUT2D eigenvalue weighted by atomic mass is 10.0. The van der Waals surface area contributed by atoms with E-state index in [4.69, 9.17) is 20.6 Å². The first-order valence-electron chi connectivity index (χ1n) is 10.5. The Morgan fingerprint density at radius 3 is 3.00 bits per heavy atom. The van der Waals surface area contributed by atoms with Crippen LogP contribution in [0.25, 0.3) is 11.1 Å². The number of halogens is 1. The van der Waals surface area contributed by atoms with Crippen LogP contribution in [-0.2, 0) is 9.53 Å². The van der Waals surface area contributed by atoms with Crippen LogP contribution in [-0.4, -0.2) is 52.3 Å². The van der Waals surface area contributed by atoms with Crippen molar-refractivity contribution in [2.75, 3.05) is 25.4 Å². The Balaban J connectivity index is 1.49.